The van der Waals surface area contributed by atoms with E-state index in [9.17, 15) is 9.59 Å². The van der Waals surface area contributed by atoms with Gasteiger partial charge in [0.05, 0.1) is 6.54 Å². The molecule has 106 valence electrons. The van der Waals surface area contributed by atoms with E-state index in [0.29, 0.717) is 0 Å². The normalized spacial score (nSPS) is 31.7. The monoisotopic (exact) mass is 264 g/mol. The van der Waals surface area contributed by atoms with Crippen LogP contribution < -0.4 is 5.32 Å². The summed E-state index contributed by atoms with van der Waals surface area (Å²) in [6.07, 6.45) is 3.69. The van der Waals surface area contributed by atoms with Crippen LogP contribution in [0.5, 0.6) is 0 Å². The van der Waals surface area contributed by atoms with Gasteiger partial charge < -0.3 is 10.2 Å². The Labute approximate surface area is 114 Å². The highest BCUT2D eigenvalue weighted by Crippen LogP contribution is 2.65. The second-order valence-electron chi connectivity index (χ2n) is 7.62. The summed E-state index contributed by atoms with van der Waals surface area (Å²) in [7, 11) is 0. The molecule has 1 spiro atoms. The van der Waals surface area contributed by atoms with Crippen LogP contribution in [0.3, 0.4) is 0 Å². The third-order valence-corrected chi connectivity index (χ3v) is 6.08. The minimum absolute atomic E-state index is 0.0139. The second-order valence-corrected chi connectivity index (χ2v) is 7.62. The van der Waals surface area contributed by atoms with E-state index < -0.39 is 5.54 Å². The summed E-state index contributed by atoms with van der Waals surface area (Å²) in [6, 6.07) is 0.191. The Morgan fingerprint density at radius 2 is 1.58 bits per heavy atom. The van der Waals surface area contributed by atoms with Crippen molar-refractivity contribution >= 4 is 11.8 Å². The number of nitrogens with one attached hydrogen (secondary N) is 1. The topological polar surface area (TPSA) is 49.4 Å². The van der Waals surface area contributed by atoms with E-state index in [-0.39, 0.29) is 35.2 Å². The fraction of sp³-hybridized carbons (Fsp3) is 0.867. The fourth-order valence-electron chi connectivity index (χ4n) is 4.33. The molecule has 4 heteroatoms. The first-order chi connectivity index (χ1) is 8.72. The maximum atomic E-state index is 12.9. The highest BCUT2D eigenvalue weighted by atomic mass is 16.2. The van der Waals surface area contributed by atoms with Crippen molar-refractivity contribution in [1.29, 1.82) is 0 Å². The van der Waals surface area contributed by atoms with Crippen LogP contribution in [0.25, 0.3) is 0 Å². The minimum Gasteiger partial charge on any atom is -0.340 e. The molecule has 3 fully saturated rings. The minimum atomic E-state index is -0.579. The van der Waals surface area contributed by atoms with Gasteiger partial charge in [0.1, 0.15) is 5.54 Å². The lowest BCUT2D eigenvalue weighted by atomic mass is 9.92. The number of hydrogen-bond donors (Lipinski definition) is 1. The van der Waals surface area contributed by atoms with Crippen LogP contribution in [0.4, 0.5) is 0 Å². The van der Waals surface area contributed by atoms with Gasteiger partial charge in [0.15, 0.2) is 0 Å². The molecule has 0 aromatic rings. The van der Waals surface area contributed by atoms with Gasteiger partial charge in [0.25, 0.3) is 0 Å². The van der Waals surface area contributed by atoms with Crippen LogP contribution in [0.1, 0.15) is 53.4 Å². The maximum absolute atomic E-state index is 12.9. The van der Waals surface area contributed by atoms with Crippen LogP contribution in [0.15, 0.2) is 0 Å². The molecule has 2 aliphatic carbocycles. The van der Waals surface area contributed by atoms with Crippen LogP contribution in [0, 0.1) is 10.8 Å². The number of carbonyl (C=O) groups is 2. The van der Waals surface area contributed by atoms with E-state index in [1.54, 1.807) is 0 Å². The SMILES string of the molecule is CC1(C)C(N2CC(=O)NC3(CCCC3)C2=O)C1(C)C. The molecule has 2 saturated carbocycles. The number of piperazine rings is 1. The van der Waals surface area contributed by atoms with Crippen LogP contribution in [0.2, 0.25) is 0 Å². The van der Waals surface area contributed by atoms with Crippen molar-refractivity contribution in [2.24, 2.45) is 10.8 Å². The lowest BCUT2D eigenvalue weighted by molar-refractivity contribution is -0.151. The van der Waals surface area contributed by atoms with E-state index in [4.69, 9.17) is 0 Å². The van der Waals surface area contributed by atoms with Gasteiger partial charge in [-0.05, 0) is 23.7 Å². The smallest absolute Gasteiger partial charge is 0.249 e. The number of amides is 2. The molecule has 4 nitrogen and oxygen atoms in total. The highest BCUT2D eigenvalue weighted by molar-refractivity contribution is 5.98. The van der Waals surface area contributed by atoms with E-state index in [1.165, 1.54) is 0 Å². The maximum Gasteiger partial charge on any atom is 0.249 e. The average Bonchev–Trinajstić information content (AvgIpc) is 2.68. The first-order valence-electron chi connectivity index (χ1n) is 7.34. The van der Waals surface area contributed by atoms with Gasteiger partial charge in [-0.25, -0.2) is 0 Å². The van der Waals surface area contributed by atoms with Crippen molar-refractivity contribution in [2.45, 2.75) is 65.0 Å². The Kier molecular flexibility index (Phi) is 2.40. The van der Waals surface area contributed by atoms with E-state index >= 15 is 0 Å². The Bertz CT molecular complexity index is 433. The molecule has 1 saturated heterocycles. The number of rotatable bonds is 1. The fourth-order valence-corrected chi connectivity index (χ4v) is 4.33. The molecule has 0 unspecified atom stereocenters. The molecule has 0 aromatic heterocycles. The first kappa shape index (κ1) is 12.9. The second kappa shape index (κ2) is 3.53. The van der Waals surface area contributed by atoms with Crippen LogP contribution in [-0.2, 0) is 9.59 Å². The summed E-state index contributed by atoms with van der Waals surface area (Å²) >= 11 is 0. The van der Waals surface area contributed by atoms with Crippen molar-refractivity contribution in [3.63, 3.8) is 0 Å². The molecule has 0 aromatic carbocycles. The zero-order valence-electron chi connectivity index (χ0n) is 12.4. The van der Waals surface area contributed by atoms with Gasteiger partial charge in [-0.2, -0.15) is 0 Å². The van der Waals surface area contributed by atoms with Crippen molar-refractivity contribution in [1.82, 2.24) is 10.2 Å². The number of carbonyl (C=O) groups excluding carboxylic acids is 2. The van der Waals surface area contributed by atoms with Crippen LogP contribution >= 0.6 is 0 Å². The molecule has 3 aliphatic rings. The molecule has 3 rings (SSSR count). The summed E-state index contributed by atoms with van der Waals surface area (Å²) < 4.78 is 0. The highest BCUT2D eigenvalue weighted by Gasteiger charge is 2.70. The molecule has 0 radical (unpaired) electrons. The third kappa shape index (κ3) is 1.52. The van der Waals surface area contributed by atoms with Crippen molar-refractivity contribution in [2.75, 3.05) is 6.54 Å². The Hall–Kier alpha value is -1.06. The molecule has 0 atom stereocenters. The third-order valence-electron chi connectivity index (χ3n) is 6.08. The zero-order chi connectivity index (χ0) is 14.1. The molecular formula is C15H24N2O2. The predicted molar refractivity (Wildman–Crippen MR) is 72.4 cm³/mol. The Morgan fingerprint density at radius 1 is 1.05 bits per heavy atom. The molecular weight excluding hydrogens is 240 g/mol. The molecule has 0 bridgehead atoms. The average molecular weight is 264 g/mol. The molecule has 1 aliphatic heterocycles. The van der Waals surface area contributed by atoms with Gasteiger partial charge >= 0.3 is 0 Å². The van der Waals surface area contributed by atoms with Gasteiger partial charge in [-0.1, -0.05) is 40.5 Å². The molecule has 19 heavy (non-hydrogen) atoms. The van der Waals surface area contributed by atoms with E-state index in [0.717, 1.165) is 25.7 Å². The predicted octanol–water partition coefficient (Wildman–Crippen LogP) is 1.69. The zero-order valence-corrected chi connectivity index (χ0v) is 12.4. The lowest BCUT2D eigenvalue weighted by Crippen LogP contribution is -2.66. The van der Waals surface area contributed by atoms with Gasteiger partial charge in [-0.15, -0.1) is 0 Å². The summed E-state index contributed by atoms with van der Waals surface area (Å²) in [5.74, 6) is 0.174. The van der Waals surface area contributed by atoms with Gasteiger partial charge in [0.2, 0.25) is 11.8 Å². The van der Waals surface area contributed by atoms with Crippen molar-refractivity contribution < 1.29 is 9.59 Å². The molecule has 2 amide bonds. The summed E-state index contributed by atoms with van der Waals surface area (Å²) in [4.78, 5) is 26.8. The lowest BCUT2D eigenvalue weighted by Gasteiger charge is -2.40. The largest absolute Gasteiger partial charge is 0.340 e. The van der Waals surface area contributed by atoms with Crippen LogP contribution in [-0.4, -0.2) is 34.8 Å². The van der Waals surface area contributed by atoms with Crippen molar-refractivity contribution in [3.8, 4) is 0 Å². The summed E-state index contributed by atoms with van der Waals surface area (Å²) in [6.45, 7) is 9.01. The summed E-state index contributed by atoms with van der Waals surface area (Å²) in [5, 5.41) is 2.98. The summed E-state index contributed by atoms with van der Waals surface area (Å²) in [5.41, 5.74) is -0.385. The van der Waals surface area contributed by atoms with Gasteiger partial charge in [-0.3, -0.25) is 9.59 Å². The van der Waals surface area contributed by atoms with E-state index in [2.05, 4.69) is 33.0 Å². The number of nitrogens with zero attached hydrogens (tertiary/aromatic N) is 1. The quantitative estimate of drug-likeness (QED) is 0.783. The number of hydrogen-bond acceptors (Lipinski definition) is 2. The van der Waals surface area contributed by atoms with Crippen molar-refractivity contribution in [3.05, 3.63) is 0 Å². The molecule has 1 N–H and O–H groups in total. The molecule has 1 heterocycles. The Morgan fingerprint density at radius 3 is 2.05 bits per heavy atom. The van der Waals surface area contributed by atoms with Gasteiger partial charge in [0, 0.05) is 6.04 Å². The Balaban J connectivity index is 1.91. The van der Waals surface area contributed by atoms with E-state index in [1.807, 2.05) is 4.90 Å². The first-order valence-corrected chi connectivity index (χ1v) is 7.34. The standard InChI is InChI=1S/C15H24N2O2/c1-13(2)11(14(13,3)4)17-9-10(18)16-15(12(17)19)7-5-6-8-15/h11H,5-9H2,1-4H3,(H,16,18).